The van der Waals surface area contributed by atoms with Crippen LogP contribution in [-0.2, 0) is 4.74 Å². The van der Waals surface area contributed by atoms with Crippen LogP contribution in [0.25, 0.3) is 0 Å². The van der Waals surface area contributed by atoms with E-state index in [9.17, 15) is 0 Å². The van der Waals surface area contributed by atoms with E-state index in [-0.39, 0.29) is 6.10 Å². The van der Waals surface area contributed by atoms with Crippen molar-refractivity contribution in [3.63, 3.8) is 0 Å². The summed E-state index contributed by atoms with van der Waals surface area (Å²) in [6, 6.07) is 7.90. The summed E-state index contributed by atoms with van der Waals surface area (Å²) >= 11 is 3.41. The largest absolute Gasteiger partial charge is 0.374 e. The second-order valence-electron chi connectivity index (χ2n) is 4.35. The van der Waals surface area contributed by atoms with Crippen molar-refractivity contribution in [3.8, 4) is 6.07 Å². The van der Waals surface area contributed by atoms with E-state index >= 15 is 0 Å². The van der Waals surface area contributed by atoms with Crippen LogP contribution < -0.4 is 10.2 Å². The van der Waals surface area contributed by atoms with E-state index in [1.165, 1.54) is 0 Å². The molecule has 1 saturated heterocycles. The van der Waals surface area contributed by atoms with E-state index in [4.69, 9.17) is 10.00 Å². The van der Waals surface area contributed by atoms with E-state index < -0.39 is 0 Å². The number of likely N-dealkylation sites (N-methyl/N-ethyl adjacent to an activating group) is 1. The first-order chi connectivity index (χ1) is 8.70. The molecule has 1 aliphatic heterocycles. The minimum absolute atomic E-state index is 0.221. The quantitative estimate of drug-likeness (QED) is 0.924. The van der Waals surface area contributed by atoms with Gasteiger partial charge in [0.25, 0.3) is 0 Å². The molecule has 0 spiro atoms. The van der Waals surface area contributed by atoms with Gasteiger partial charge < -0.3 is 15.0 Å². The normalized spacial score (nSPS) is 19.3. The molecule has 0 amide bonds. The maximum atomic E-state index is 8.89. The summed E-state index contributed by atoms with van der Waals surface area (Å²) in [5.41, 5.74) is 1.73. The highest BCUT2D eigenvalue weighted by Crippen LogP contribution is 2.23. The SMILES string of the molecule is CN(CC1CNCCO1)c1ccc(C#N)c(Br)c1. The fourth-order valence-corrected chi connectivity index (χ4v) is 2.44. The number of rotatable bonds is 3. The molecular formula is C13H16BrN3O. The number of benzene rings is 1. The summed E-state index contributed by atoms with van der Waals surface area (Å²) in [5, 5.41) is 12.2. The molecule has 18 heavy (non-hydrogen) atoms. The molecule has 1 heterocycles. The van der Waals surface area contributed by atoms with Crippen LogP contribution in [0.2, 0.25) is 0 Å². The van der Waals surface area contributed by atoms with Crippen LogP contribution in [0.15, 0.2) is 22.7 Å². The van der Waals surface area contributed by atoms with E-state index in [0.717, 1.165) is 36.4 Å². The number of hydrogen-bond acceptors (Lipinski definition) is 4. The zero-order valence-corrected chi connectivity index (χ0v) is 11.9. The van der Waals surface area contributed by atoms with Gasteiger partial charge >= 0.3 is 0 Å². The zero-order chi connectivity index (χ0) is 13.0. The molecule has 1 atom stereocenters. The van der Waals surface area contributed by atoms with Gasteiger partial charge in [-0.25, -0.2) is 0 Å². The van der Waals surface area contributed by atoms with Gasteiger partial charge in [0.2, 0.25) is 0 Å². The Kier molecular flexibility index (Phi) is 4.59. The van der Waals surface area contributed by atoms with Crippen molar-refractivity contribution >= 4 is 21.6 Å². The van der Waals surface area contributed by atoms with Gasteiger partial charge in [-0.3, -0.25) is 0 Å². The lowest BCUT2D eigenvalue weighted by Gasteiger charge is -2.29. The van der Waals surface area contributed by atoms with Crippen LogP contribution in [0.3, 0.4) is 0 Å². The second-order valence-corrected chi connectivity index (χ2v) is 5.21. The van der Waals surface area contributed by atoms with Gasteiger partial charge in [-0.15, -0.1) is 0 Å². The second kappa shape index (κ2) is 6.19. The number of nitrogens with zero attached hydrogens (tertiary/aromatic N) is 2. The predicted molar refractivity (Wildman–Crippen MR) is 74.7 cm³/mol. The van der Waals surface area contributed by atoms with E-state index in [1.54, 1.807) is 0 Å². The molecule has 1 fully saturated rings. The highest BCUT2D eigenvalue weighted by molar-refractivity contribution is 9.10. The summed E-state index contributed by atoms with van der Waals surface area (Å²) < 4.78 is 6.51. The Morgan fingerprint density at radius 2 is 2.44 bits per heavy atom. The molecule has 2 rings (SSSR count). The lowest BCUT2D eigenvalue weighted by atomic mass is 10.2. The summed E-state index contributed by atoms with van der Waals surface area (Å²) in [6.45, 7) is 3.44. The molecule has 0 saturated carbocycles. The summed E-state index contributed by atoms with van der Waals surface area (Å²) in [4.78, 5) is 2.14. The van der Waals surface area contributed by atoms with Gasteiger partial charge in [0.1, 0.15) is 6.07 Å². The van der Waals surface area contributed by atoms with Gasteiger partial charge in [-0.2, -0.15) is 5.26 Å². The smallest absolute Gasteiger partial charge is 0.100 e. The standard InChI is InChI=1S/C13H16BrN3O/c1-17(9-12-8-16-4-5-18-12)11-3-2-10(7-15)13(14)6-11/h2-3,6,12,16H,4-5,8-9H2,1H3. The van der Waals surface area contributed by atoms with E-state index in [2.05, 4.69) is 32.2 Å². The number of anilines is 1. The van der Waals surface area contributed by atoms with Gasteiger partial charge in [-0.05, 0) is 34.1 Å². The molecule has 1 aromatic rings. The summed E-state index contributed by atoms with van der Waals surface area (Å²) in [6.07, 6.45) is 0.221. The van der Waals surface area contributed by atoms with Crippen molar-refractivity contribution in [3.05, 3.63) is 28.2 Å². The average molecular weight is 310 g/mol. The van der Waals surface area contributed by atoms with E-state index in [0.29, 0.717) is 5.56 Å². The Morgan fingerprint density at radius 1 is 1.61 bits per heavy atom. The van der Waals surface area contributed by atoms with Crippen LogP contribution in [0, 0.1) is 11.3 Å². The van der Waals surface area contributed by atoms with Crippen molar-refractivity contribution in [2.75, 3.05) is 38.2 Å². The monoisotopic (exact) mass is 309 g/mol. The number of morpholine rings is 1. The molecular weight excluding hydrogens is 294 g/mol. The lowest BCUT2D eigenvalue weighted by molar-refractivity contribution is 0.0340. The van der Waals surface area contributed by atoms with Gasteiger partial charge in [0.15, 0.2) is 0 Å². The minimum atomic E-state index is 0.221. The molecule has 1 aliphatic rings. The first kappa shape index (κ1) is 13.3. The lowest BCUT2D eigenvalue weighted by Crippen LogP contribution is -2.44. The molecule has 1 unspecified atom stereocenters. The molecule has 1 N–H and O–H groups in total. The molecule has 0 bridgehead atoms. The van der Waals surface area contributed by atoms with Crippen molar-refractivity contribution < 1.29 is 4.74 Å². The van der Waals surface area contributed by atoms with Crippen molar-refractivity contribution in [2.24, 2.45) is 0 Å². The summed E-state index contributed by atoms with van der Waals surface area (Å²) in [7, 11) is 2.03. The van der Waals surface area contributed by atoms with Crippen molar-refractivity contribution in [1.29, 1.82) is 5.26 Å². The van der Waals surface area contributed by atoms with Gasteiger partial charge in [0, 0.05) is 36.8 Å². The van der Waals surface area contributed by atoms with Crippen LogP contribution >= 0.6 is 15.9 Å². The van der Waals surface area contributed by atoms with Crippen LogP contribution in [0.4, 0.5) is 5.69 Å². The molecule has 0 radical (unpaired) electrons. The molecule has 96 valence electrons. The molecule has 0 aromatic heterocycles. The van der Waals surface area contributed by atoms with E-state index in [1.807, 2.05) is 25.2 Å². The third-order valence-electron chi connectivity index (χ3n) is 3.00. The third kappa shape index (κ3) is 3.22. The topological polar surface area (TPSA) is 48.3 Å². The fourth-order valence-electron chi connectivity index (χ4n) is 1.98. The number of ether oxygens (including phenoxy) is 1. The number of nitriles is 1. The summed E-state index contributed by atoms with van der Waals surface area (Å²) in [5.74, 6) is 0. The van der Waals surface area contributed by atoms with Gasteiger partial charge in [-0.1, -0.05) is 0 Å². The van der Waals surface area contributed by atoms with Crippen molar-refractivity contribution in [1.82, 2.24) is 5.32 Å². The van der Waals surface area contributed by atoms with Crippen LogP contribution in [0.1, 0.15) is 5.56 Å². The van der Waals surface area contributed by atoms with Crippen LogP contribution in [-0.4, -0.2) is 39.4 Å². The fraction of sp³-hybridized carbons (Fsp3) is 0.462. The molecule has 5 heteroatoms. The maximum Gasteiger partial charge on any atom is 0.100 e. The zero-order valence-electron chi connectivity index (χ0n) is 10.3. The number of hydrogen-bond donors (Lipinski definition) is 1. The Morgan fingerprint density at radius 3 is 3.06 bits per heavy atom. The Bertz CT molecular complexity index is 452. The molecule has 0 aliphatic carbocycles. The Hall–Kier alpha value is -1.09. The van der Waals surface area contributed by atoms with Crippen LogP contribution in [0.5, 0.6) is 0 Å². The number of halogens is 1. The third-order valence-corrected chi connectivity index (χ3v) is 3.65. The highest BCUT2D eigenvalue weighted by Gasteiger charge is 2.16. The predicted octanol–water partition coefficient (Wildman–Crippen LogP) is 1.75. The van der Waals surface area contributed by atoms with Gasteiger partial charge in [0.05, 0.1) is 18.3 Å². The Labute approximate surface area is 116 Å². The number of nitrogens with one attached hydrogen (secondary N) is 1. The maximum absolute atomic E-state index is 8.89. The molecule has 4 nitrogen and oxygen atoms in total. The minimum Gasteiger partial charge on any atom is -0.374 e. The highest BCUT2D eigenvalue weighted by atomic mass is 79.9. The Balaban J connectivity index is 2.02. The first-order valence-electron chi connectivity index (χ1n) is 5.94. The average Bonchev–Trinajstić information content (AvgIpc) is 2.39. The molecule has 1 aromatic carbocycles. The first-order valence-corrected chi connectivity index (χ1v) is 6.73. The van der Waals surface area contributed by atoms with Crippen molar-refractivity contribution in [2.45, 2.75) is 6.10 Å².